The molecule has 0 saturated heterocycles. The quantitative estimate of drug-likeness (QED) is 0.838. The van der Waals surface area contributed by atoms with Gasteiger partial charge in [0.25, 0.3) is 5.91 Å². The van der Waals surface area contributed by atoms with Crippen LogP contribution in [-0.4, -0.2) is 16.4 Å². The van der Waals surface area contributed by atoms with Gasteiger partial charge < -0.3 is 15.5 Å². The lowest BCUT2D eigenvalue weighted by Crippen LogP contribution is -2.59. The van der Waals surface area contributed by atoms with Gasteiger partial charge >= 0.3 is 0 Å². The van der Waals surface area contributed by atoms with Crippen LogP contribution in [0.4, 0.5) is 5.69 Å². The molecule has 130 valence electrons. The van der Waals surface area contributed by atoms with Gasteiger partial charge in [-0.15, -0.1) is 0 Å². The van der Waals surface area contributed by atoms with Crippen LogP contribution < -0.4 is 11.1 Å². The standard InChI is InChI=1S/C20H23N3O2/c21-16-3-1-15(2-4-16)19-22-17(11-25-19)18(24)23-20-8-12-5-13(9-20)7-14(6-12)10-20/h1-4,11-14H,5-10,21H2,(H,23,24). The molecule has 0 spiro atoms. The topological polar surface area (TPSA) is 81.1 Å². The van der Waals surface area contributed by atoms with Crippen molar-refractivity contribution < 1.29 is 9.21 Å². The Balaban J connectivity index is 1.34. The number of hydrogen-bond acceptors (Lipinski definition) is 4. The maximum absolute atomic E-state index is 12.8. The second kappa shape index (κ2) is 5.35. The Morgan fingerprint density at radius 3 is 2.28 bits per heavy atom. The van der Waals surface area contributed by atoms with E-state index in [0.29, 0.717) is 17.3 Å². The third-order valence-corrected chi connectivity index (χ3v) is 6.31. The van der Waals surface area contributed by atoms with Gasteiger partial charge in [-0.05, 0) is 80.5 Å². The molecule has 4 fully saturated rings. The molecular formula is C20H23N3O2. The fraction of sp³-hybridized carbons (Fsp3) is 0.500. The number of rotatable bonds is 3. The van der Waals surface area contributed by atoms with Crippen LogP contribution in [-0.2, 0) is 0 Å². The Morgan fingerprint density at radius 1 is 1.08 bits per heavy atom. The molecule has 4 saturated carbocycles. The number of oxazole rings is 1. The van der Waals surface area contributed by atoms with Gasteiger partial charge in [0.1, 0.15) is 6.26 Å². The molecular weight excluding hydrogens is 314 g/mol. The highest BCUT2D eigenvalue weighted by Crippen LogP contribution is 2.55. The molecule has 0 radical (unpaired) electrons. The van der Waals surface area contributed by atoms with E-state index in [1.165, 1.54) is 25.5 Å². The number of nitrogens with zero attached hydrogens (tertiary/aromatic N) is 1. The maximum atomic E-state index is 12.8. The third-order valence-electron chi connectivity index (χ3n) is 6.31. The number of nitrogen functional groups attached to an aromatic ring is 1. The average Bonchev–Trinajstić information content (AvgIpc) is 3.04. The summed E-state index contributed by atoms with van der Waals surface area (Å²) in [6.07, 6.45) is 8.94. The fourth-order valence-electron chi connectivity index (χ4n) is 5.70. The van der Waals surface area contributed by atoms with Gasteiger partial charge in [-0.3, -0.25) is 4.79 Å². The van der Waals surface area contributed by atoms with Crippen molar-refractivity contribution in [3.8, 4) is 11.5 Å². The molecule has 6 rings (SSSR count). The van der Waals surface area contributed by atoms with Gasteiger partial charge in [-0.2, -0.15) is 0 Å². The van der Waals surface area contributed by atoms with E-state index in [-0.39, 0.29) is 11.4 Å². The normalized spacial score (nSPS) is 32.7. The van der Waals surface area contributed by atoms with Crippen LogP contribution in [0.2, 0.25) is 0 Å². The second-order valence-electron chi connectivity index (χ2n) is 8.31. The monoisotopic (exact) mass is 337 g/mol. The number of aromatic nitrogens is 1. The lowest BCUT2D eigenvalue weighted by Gasteiger charge is -2.56. The first kappa shape index (κ1) is 15.0. The van der Waals surface area contributed by atoms with Gasteiger partial charge in [0.05, 0.1) is 0 Å². The van der Waals surface area contributed by atoms with Crippen molar-refractivity contribution in [2.24, 2.45) is 17.8 Å². The van der Waals surface area contributed by atoms with Gasteiger partial charge in [0.15, 0.2) is 5.69 Å². The molecule has 4 bridgehead atoms. The Labute approximate surface area is 147 Å². The summed E-state index contributed by atoms with van der Waals surface area (Å²) in [5.74, 6) is 2.75. The molecule has 0 unspecified atom stereocenters. The minimum Gasteiger partial charge on any atom is -0.444 e. The van der Waals surface area contributed by atoms with Gasteiger partial charge in [0.2, 0.25) is 5.89 Å². The van der Waals surface area contributed by atoms with Crippen LogP contribution in [0.25, 0.3) is 11.5 Å². The summed E-state index contributed by atoms with van der Waals surface area (Å²) in [4.78, 5) is 17.2. The first-order valence-corrected chi connectivity index (χ1v) is 9.22. The first-order valence-electron chi connectivity index (χ1n) is 9.22. The summed E-state index contributed by atoms with van der Waals surface area (Å²) >= 11 is 0. The summed E-state index contributed by atoms with van der Waals surface area (Å²) in [5.41, 5.74) is 7.58. The van der Waals surface area contributed by atoms with E-state index in [4.69, 9.17) is 10.2 Å². The van der Waals surface area contributed by atoms with Crippen LogP contribution in [0.15, 0.2) is 34.9 Å². The van der Waals surface area contributed by atoms with Crippen LogP contribution >= 0.6 is 0 Å². The van der Waals surface area contributed by atoms with E-state index >= 15 is 0 Å². The van der Waals surface area contributed by atoms with E-state index < -0.39 is 0 Å². The molecule has 1 heterocycles. The number of nitrogens with one attached hydrogen (secondary N) is 1. The largest absolute Gasteiger partial charge is 0.444 e. The molecule has 1 aromatic carbocycles. The molecule has 5 heteroatoms. The zero-order valence-electron chi connectivity index (χ0n) is 14.2. The maximum Gasteiger partial charge on any atom is 0.273 e. The summed E-state index contributed by atoms with van der Waals surface area (Å²) in [6, 6.07) is 7.30. The lowest BCUT2D eigenvalue weighted by molar-refractivity contribution is -0.0167. The molecule has 25 heavy (non-hydrogen) atoms. The Morgan fingerprint density at radius 2 is 1.68 bits per heavy atom. The number of benzene rings is 1. The molecule has 2 aromatic rings. The minimum absolute atomic E-state index is 0.00779. The van der Waals surface area contributed by atoms with E-state index in [9.17, 15) is 4.79 Å². The van der Waals surface area contributed by atoms with Crippen molar-refractivity contribution in [1.82, 2.24) is 10.3 Å². The fourth-order valence-corrected chi connectivity index (χ4v) is 5.70. The molecule has 0 aliphatic heterocycles. The van der Waals surface area contributed by atoms with E-state index in [1.54, 1.807) is 12.1 Å². The van der Waals surface area contributed by atoms with Crippen LogP contribution in [0.1, 0.15) is 49.0 Å². The third kappa shape index (κ3) is 2.62. The number of amides is 1. The van der Waals surface area contributed by atoms with Crippen molar-refractivity contribution in [1.29, 1.82) is 0 Å². The Kier molecular flexibility index (Phi) is 3.21. The van der Waals surface area contributed by atoms with Gasteiger partial charge in [0, 0.05) is 16.8 Å². The molecule has 5 nitrogen and oxygen atoms in total. The van der Waals surface area contributed by atoms with Crippen molar-refractivity contribution in [3.05, 3.63) is 36.2 Å². The summed E-state index contributed by atoms with van der Waals surface area (Å²) in [5, 5.41) is 3.33. The number of hydrogen-bond donors (Lipinski definition) is 2. The van der Waals surface area contributed by atoms with Crippen LogP contribution in [0.5, 0.6) is 0 Å². The number of carbonyl (C=O) groups is 1. The van der Waals surface area contributed by atoms with Crippen molar-refractivity contribution >= 4 is 11.6 Å². The molecule has 4 aliphatic rings. The zero-order chi connectivity index (χ0) is 17.0. The minimum atomic E-state index is -0.104. The summed E-state index contributed by atoms with van der Waals surface area (Å²) in [7, 11) is 0. The zero-order valence-corrected chi connectivity index (χ0v) is 14.2. The van der Waals surface area contributed by atoms with E-state index in [0.717, 1.165) is 42.6 Å². The smallest absolute Gasteiger partial charge is 0.273 e. The molecule has 1 aromatic heterocycles. The molecule has 4 aliphatic carbocycles. The molecule has 0 atom stereocenters. The summed E-state index contributed by atoms with van der Waals surface area (Å²) in [6.45, 7) is 0. The Bertz CT molecular complexity index is 773. The number of nitrogens with two attached hydrogens (primary N) is 1. The van der Waals surface area contributed by atoms with Crippen LogP contribution in [0, 0.1) is 17.8 Å². The predicted molar refractivity (Wildman–Crippen MR) is 94.7 cm³/mol. The Hall–Kier alpha value is -2.30. The second-order valence-corrected chi connectivity index (χ2v) is 8.31. The highest BCUT2D eigenvalue weighted by Gasteiger charge is 2.51. The van der Waals surface area contributed by atoms with Crippen molar-refractivity contribution in [2.45, 2.75) is 44.1 Å². The van der Waals surface area contributed by atoms with E-state index in [1.807, 2.05) is 12.1 Å². The average molecular weight is 337 g/mol. The highest BCUT2D eigenvalue weighted by atomic mass is 16.3. The molecule has 3 N–H and O–H groups in total. The van der Waals surface area contributed by atoms with Gasteiger partial charge in [-0.25, -0.2) is 4.98 Å². The highest BCUT2D eigenvalue weighted by molar-refractivity contribution is 5.93. The SMILES string of the molecule is Nc1ccc(-c2nc(C(=O)NC34CC5CC(CC(C5)C3)C4)co2)cc1. The first-order chi connectivity index (χ1) is 12.1. The summed E-state index contributed by atoms with van der Waals surface area (Å²) < 4.78 is 5.52. The van der Waals surface area contributed by atoms with Crippen LogP contribution in [0.3, 0.4) is 0 Å². The molecule has 1 amide bonds. The lowest BCUT2D eigenvalue weighted by atomic mass is 9.53. The van der Waals surface area contributed by atoms with Crippen molar-refractivity contribution in [2.75, 3.05) is 5.73 Å². The number of carbonyl (C=O) groups excluding carboxylic acids is 1. The predicted octanol–water partition coefficient (Wildman–Crippen LogP) is 3.62. The number of anilines is 1. The van der Waals surface area contributed by atoms with Gasteiger partial charge in [-0.1, -0.05) is 0 Å². The van der Waals surface area contributed by atoms with E-state index in [2.05, 4.69) is 10.3 Å². The van der Waals surface area contributed by atoms with Crippen molar-refractivity contribution in [3.63, 3.8) is 0 Å².